The van der Waals surface area contributed by atoms with E-state index in [1.807, 2.05) is 0 Å². The summed E-state index contributed by atoms with van der Waals surface area (Å²) in [5.41, 5.74) is -0.268. The Balaban J connectivity index is 3.08. The van der Waals surface area contributed by atoms with E-state index >= 15 is 0 Å². The van der Waals surface area contributed by atoms with Crippen molar-refractivity contribution in [3.05, 3.63) is 39.7 Å². The summed E-state index contributed by atoms with van der Waals surface area (Å²) in [5, 5.41) is 10.4. The number of ether oxygens (including phenoxy) is 1. The topological polar surface area (TPSA) is 69.4 Å². The molecule has 5 nitrogen and oxygen atoms in total. The molecule has 0 aliphatic heterocycles. The minimum Gasteiger partial charge on any atom is -0.469 e. The van der Waals surface area contributed by atoms with Crippen molar-refractivity contribution in [2.45, 2.75) is 12.8 Å². The van der Waals surface area contributed by atoms with Crippen LogP contribution in [0, 0.1) is 15.9 Å². The number of benzene rings is 1. The summed E-state index contributed by atoms with van der Waals surface area (Å²) in [5.74, 6) is -2.16. The Kier molecular flexibility index (Phi) is 3.55. The maximum Gasteiger partial charge on any atom is 0.312 e. The Morgan fingerprint density at radius 1 is 1.56 bits per heavy atom. The van der Waals surface area contributed by atoms with E-state index < -0.39 is 22.6 Å². The van der Waals surface area contributed by atoms with Gasteiger partial charge in [0.1, 0.15) is 5.82 Å². The molecule has 0 aromatic heterocycles. The van der Waals surface area contributed by atoms with E-state index in [9.17, 15) is 19.3 Å². The molecule has 0 spiro atoms. The highest BCUT2D eigenvalue weighted by Crippen LogP contribution is 2.23. The minimum atomic E-state index is -0.786. The lowest BCUT2D eigenvalue weighted by Crippen LogP contribution is -2.12. The molecular weight excluding hydrogens is 217 g/mol. The van der Waals surface area contributed by atoms with E-state index in [1.165, 1.54) is 20.1 Å². The van der Waals surface area contributed by atoms with Crippen LogP contribution in [0.5, 0.6) is 0 Å². The second-order valence-electron chi connectivity index (χ2n) is 3.21. The van der Waals surface area contributed by atoms with Crippen LogP contribution in [0.1, 0.15) is 18.4 Å². The van der Waals surface area contributed by atoms with E-state index in [2.05, 4.69) is 4.74 Å². The monoisotopic (exact) mass is 227 g/mol. The van der Waals surface area contributed by atoms with E-state index in [1.54, 1.807) is 0 Å². The van der Waals surface area contributed by atoms with Crippen molar-refractivity contribution in [1.82, 2.24) is 0 Å². The van der Waals surface area contributed by atoms with Gasteiger partial charge >= 0.3 is 5.97 Å². The van der Waals surface area contributed by atoms with Crippen molar-refractivity contribution in [3.8, 4) is 0 Å². The van der Waals surface area contributed by atoms with Crippen molar-refractivity contribution in [1.29, 1.82) is 0 Å². The Labute approximate surface area is 91.0 Å². The number of non-ortho nitro benzene ring substituents is 1. The fourth-order valence-electron chi connectivity index (χ4n) is 1.28. The van der Waals surface area contributed by atoms with Gasteiger partial charge in [0, 0.05) is 11.6 Å². The summed E-state index contributed by atoms with van der Waals surface area (Å²) >= 11 is 0. The minimum absolute atomic E-state index is 0.0810. The van der Waals surface area contributed by atoms with Gasteiger partial charge in [-0.1, -0.05) is 0 Å². The van der Waals surface area contributed by atoms with Gasteiger partial charge in [-0.3, -0.25) is 14.9 Å². The molecule has 1 rings (SSSR count). The lowest BCUT2D eigenvalue weighted by atomic mass is 10.0. The Bertz CT molecular complexity index is 433. The molecule has 0 heterocycles. The molecule has 0 N–H and O–H groups in total. The van der Waals surface area contributed by atoms with Gasteiger partial charge in [-0.25, -0.2) is 4.39 Å². The van der Waals surface area contributed by atoms with Crippen LogP contribution in [0.4, 0.5) is 10.1 Å². The molecule has 6 heteroatoms. The van der Waals surface area contributed by atoms with Crippen LogP contribution in [-0.4, -0.2) is 18.0 Å². The average Bonchev–Trinajstić information content (AvgIpc) is 2.26. The number of rotatable bonds is 3. The van der Waals surface area contributed by atoms with Gasteiger partial charge in [0.15, 0.2) is 0 Å². The highest BCUT2D eigenvalue weighted by molar-refractivity contribution is 5.77. The molecule has 0 bridgehead atoms. The van der Waals surface area contributed by atoms with E-state index in [-0.39, 0.29) is 11.3 Å². The molecule has 16 heavy (non-hydrogen) atoms. The molecule has 0 saturated heterocycles. The second-order valence-corrected chi connectivity index (χ2v) is 3.21. The first-order valence-electron chi connectivity index (χ1n) is 4.49. The summed E-state index contributed by atoms with van der Waals surface area (Å²) in [6, 6.07) is 3.15. The van der Waals surface area contributed by atoms with Gasteiger partial charge in [-0.05, 0) is 13.0 Å². The molecule has 1 aromatic rings. The molecule has 0 aliphatic carbocycles. The average molecular weight is 227 g/mol. The van der Waals surface area contributed by atoms with Gasteiger partial charge in [-0.15, -0.1) is 0 Å². The third kappa shape index (κ3) is 2.33. The Hall–Kier alpha value is -1.98. The Morgan fingerprint density at radius 3 is 2.62 bits per heavy atom. The fraction of sp³-hybridized carbons (Fsp3) is 0.300. The molecule has 0 amide bonds. The number of esters is 1. The standard InChI is InChI=1S/C10H10FNO4/c1-6(10(13)16-2)8-4-3-7(12(14)15)5-9(8)11/h3-6H,1-2H3/t6-/m0/s1. The van der Waals surface area contributed by atoms with Crippen LogP contribution < -0.4 is 0 Å². The zero-order valence-corrected chi connectivity index (χ0v) is 8.77. The van der Waals surface area contributed by atoms with Crippen molar-refractivity contribution in [2.24, 2.45) is 0 Å². The lowest BCUT2D eigenvalue weighted by molar-refractivity contribution is -0.385. The number of halogens is 1. The van der Waals surface area contributed by atoms with E-state index in [0.29, 0.717) is 0 Å². The third-order valence-corrected chi connectivity index (χ3v) is 2.22. The molecule has 1 atom stereocenters. The summed E-state index contributed by atoms with van der Waals surface area (Å²) in [7, 11) is 1.20. The van der Waals surface area contributed by atoms with Gasteiger partial charge in [0.05, 0.1) is 24.0 Å². The maximum atomic E-state index is 13.4. The molecule has 0 radical (unpaired) electrons. The summed E-state index contributed by atoms with van der Waals surface area (Å²) < 4.78 is 17.9. The molecule has 86 valence electrons. The van der Waals surface area contributed by atoms with E-state index in [0.717, 1.165) is 12.1 Å². The van der Waals surface area contributed by atoms with Gasteiger partial charge in [-0.2, -0.15) is 0 Å². The number of methoxy groups -OCH3 is 1. The third-order valence-electron chi connectivity index (χ3n) is 2.22. The molecule has 0 aliphatic rings. The quantitative estimate of drug-likeness (QED) is 0.450. The van der Waals surface area contributed by atoms with Crippen molar-refractivity contribution >= 4 is 11.7 Å². The Morgan fingerprint density at radius 2 is 2.19 bits per heavy atom. The largest absolute Gasteiger partial charge is 0.469 e. The maximum absolute atomic E-state index is 13.4. The zero-order valence-electron chi connectivity index (χ0n) is 8.77. The molecule has 0 saturated carbocycles. The first kappa shape index (κ1) is 12.1. The molecular formula is C10H10FNO4. The molecule has 1 aromatic carbocycles. The van der Waals surface area contributed by atoms with Crippen LogP contribution in [-0.2, 0) is 9.53 Å². The first-order chi connectivity index (χ1) is 7.47. The number of hydrogen-bond donors (Lipinski definition) is 0. The SMILES string of the molecule is COC(=O)[C@@H](C)c1ccc([N+](=O)[O-])cc1F. The number of nitro groups is 1. The van der Waals surface area contributed by atoms with Crippen molar-refractivity contribution in [3.63, 3.8) is 0 Å². The van der Waals surface area contributed by atoms with Gasteiger partial charge in [0.2, 0.25) is 0 Å². The summed E-state index contributed by atoms with van der Waals surface area (Å²) in [4.78, 5) is 20.8. The molecule has 0 fully saturated rings. The van der Waals surface area contributed by atoms with Crippen LogP contribution >= 0.6 is 0 Å². The fourth-order valence-corrected chi connectivity index (χ4v) is 1.28. The van der Waals surface area contributed by atoms with Crippen LogP contribution in [0.3, 0.4) is 0 Å². The number of hydrogen-bond acceptors (Lipinski definition) is 4. The smallest absolute Gasteiger partial charge is 0.312 e. The number of nitro benzene ring substituents is 1. The summed E-state index contributed by atoms with van der Waals surface area (Å²) in [6.45, 7) is 1.47. The zero-order chi connectivity index (χ0) is 12.3. The number of carbonyl (C=O) groups is 1. The van der Waals surface area contributed by atoms with Crippen molar-refractivity contribution in [2.75, 3.05) is 7.11 Å². The van der Waals surface area contributed by atoms with Crippen LogP contribution in [0.2, 0.25) is 0 Å². The van der Waals surface area contributed by atoms with Crippen LogP contribution in [0.15, 0.2) is 18.2 Å². The first-order valence-corrected chi connectivity index (χ1v) is 4.49. The van der Waals surface area contributed by atoms with Gasteiger partial charge < -0.3 is 4.74 Å². The number of carbonyl (C=O) groups excluding carboxylic acids is 1. The molecule has 0 unspecified atom stereocenters. The van der Waals surface area contributed by atoms with Crippen LogP contribution in [0.25, 0.3) is 0 Å². The van der Waals surface area contributed by atoms with E-state index in [4.69, 9.17) is 0 Å². The summed E-state index contributed by atoms with van der Waals surface area (Å²) in [6.07, 6.45) is 0. The predicted octanol–water partition coefficient (Wildman–Crippen LogP) is 2.01. The lowest BCUT2D eigenvalue weighted by Gasteiger charge is -2.09. The highest BCUT2D eigenvalue weighted by Gasteiger charge is 2.21. The van der Waals surface area contributed by atoms with Crippen molar-refractivity contribution < 1.29 is 18.8 Å². The predicted molar refractivity (Wildman–Crippen MR) is 53.5 cm³/mol. The normalized spacial score (nSPS) is 11.9. The highest BCUT2D eigenvalue weighted by atomic mass is 19.1. The number of nitrogens with zero attached hydrogens (tertiary/aromatic N) is 1. The van der Waals surface area contributed by atoms with Gasteiger partial charge in [0.25, 0.3) is 5.69 Å². The second kappa shape index (κ2) is 4.69.